The second-order valence-corrected chi connectivity index (χ2v) is 8.78. The predicted molar refractivity (Wildman–Crippen MR) is 97.3 cm³/mol. The lowest BCUT2D eigenvalue weighted by Gasteiger charge is -2.22. The fourth-order valence-corrected chi connectivity index (χ4v) is 4.16. The Bertz CT molecular complexity index is 836. The maximum Gasteiger partial charge on any atom is 0.227 e. The Balaban J connectivity index is 1.81. The van der Waals surface area contributed by atoms with E-state index >= 15 is 0 Å². The van der Waals surface area contributed by atoms with Crippen LogP contribution in [0.2, 0.25) is 0 Å². The Morgan fingerprint density at radius 2 is 2.15 bits per heavy atom. The van der Waals surface area contributed by atoms with Crippen LogP contribution in [0.15, 0.2) is 23.7 Å². The van der Waals surface area contributed by atoms with Crippen LogP contribution in [-0.4, -0.2) is 58.2 Å². The van der Waals surface area contributed by atoms with Crippen LogP contribution < -0.4 is 0 Å². The van der Waals surface area contributed by atoms with Crippen LogP contribution >= 0.6 is 0 Å². The lowest BCUT2D eigenvalue weighted by molar-refractivity contribution is 0.0932. The number of imidazole rings is 1. The van der Waals surface area contributed by atoms with Crippen molar-refractivity contribution in [2.45, 2.75) is 50.7 Å². The molecule has 1 saturated heterocycles. The maximum absolute atomic E-state index is 12.1. The topological polar surface area (TPSA) is 82.3 Å². The van der Waals surface area contributed by atoms with Gasteiger partial charge in [0.05, 0.1) is 30.7 Å². The molecule has 1 atom stereocenters. The lowest BCUT2D eigenvalue weighted by atomic mass is 10.2. The first-order chi connectivity index (χ1) is 12.4. The number of nitrogens with zero attached hydrogens (tertiary/aromatic N) is 5. The average molecular weight is 382 g/mol. The van der Waals surface area contributed by atoms with Gasteiger partial charge >= 0.3 is 0 Å². The van der Waals surface area contributed by atoms with Crippen LogP contribution in [-0.2, 0) is 41.3 Å². The zero-order valence-corrected chi connectivity index (χ0v) is 16.4. The third kappa shape index (κ3) is 4.52. The van der Waals surface area contributed by atoms with Crippen LogP contribution in [0.1, 0.15) is 31.0 Å². The second kappa shape index (κ2) is 7.89. The molecule has 0 spiro atoms. The van der Waals surface area contributed by atoms with Crippen molar-refractivity contribution < 1.29 is 13.2 Å². The van der Waals surface area contributed by atoms with Gasteiger partial charge in [-0.3, -0.25) is 9.58 Å². The fraction of sp³-hybridized carbons (Fsp3) is 0.647. The van der Waals surface area contributed by atoms with Crippen molar-refractivity contribution in [3.63, 3.8) is 0 Å². The van der Waals surface area contributed by atoms with Gasteiger partial charge in [-0.25, -0.2) is 13.4 Å². The van der Waals surface area contributed by atoms with Crippen LogP contribution in [0, 0.1) is 0 Å². The smallest absolute Gasteiger partial charge is 0.227 e. The minimum Gasteiger partial charge on any atom is -0.376 e. The molecule has 0 amide bonds. The van der Waals surface area contributed by atoms with Gasteiger partial charge in [-0.15, -0.1) is 0 Å². The molecule has 0 bridgehead atoms. The second-order valence-electron chi connectivity index (χ2n) is 6.88. The number of hydrogen-bond donors (Lipinski definition) is 0. The molecule has 0 aliphatic carbocycles. The third-order valence-corrected chi connectivity index (χ3v) is 5.63. The van der Waals surface area contributed by atoms with Crippen LogP contribution in [0.4, 0.5) is 0 Å². The molecule has 2 aromatic heterocycles. The van der Waals surface area contributed by atoms with Gasteiger partial charge in [-0.1, -0.05) is 6.92 Å². The largest absolute Gasteiger partial charge is 0.376 e. The monoisotopic (exact) mass is 381 g/mol. The van der Waals surface area contributed by atoms with Gasteiger partial charge in [0, 0.05) is 44.8 Å². The Morgan fingerprint density at radius 1 is 1.35 bits per heavy atom. The van der Waals surface area contributed by atoms with Gasteiger partial charge in [0.25, 0.3) is 0 Å². The number of rotatable bonds is 8. The van der Waals surface area contributed by atoms with Gasteiger partial charge in [-0.2, -0.15) is 5.10 Å². The zero-order valence-electron chi connectivity index (χ0n) is 15.6. The molecule has 1 fully saturated rings. The molecule has 0 saturated carbocycles. The summed E-state index contributed by atoms with van der Waals surface area (Å²) in [7, 11) is -1.49. The van der Waals surface area contributed by atoms with Crippen molar-refractivity contribution in [3.8, 4) is 0 Å². The summed E-state index contributed by atoms with van der Waals surface area (Å²) in [6.45, 7) is 5.58. The third-order valence-electron chi connectivity index (χ3n) is 4.64. The summed E-state index contributed by atoms with van der Waals surface area (Å²) in [5.41, 5.74) is 2.02. The van der Waals surface area contributed by atoms with E-state index in [9.17, 15) is 8.42 Å². The molecule has 0 radical (unpaired) electrons. The summed E-state index contributed by atoms with van der Waals surface area (Å²) < 4.78 is 33.6. The van der Waals surface area contributed by atoms with Crippen molar-refractivity contribution in [2.24, 2.45) is 7.05 Å². The highest BCUT2D eigenvalue weighted by molar-refractivity contribution is 7.90. The van der Waals surface area contributed by atoms with E-state index < -0.39 is 9.84 Å². The van der Waals surface area contributed by atoms with Crippen molar-refractivity contribution >= 4 is 9.84 Å². The Labute approximate surface area is 154 Å². The normalized spacial score (nSPS) is 18.1. The van der Waals surface area contributed by atoms with Crippen molar-refractivity contribution in [1.29, 1.82) is 0 Å². The maximum atomic E-state index is 12.1. The van der Waals surface area contributed by atoms with E-state index in [1.807, 2.05) is 24.0 Å². The number of ether oxygens (including phenoxy) is 1. The summed E-state index contributed by atoms with van der Waals surface area (Å²) in [5, 5.41) is 4.34. The van der Waals surface area contributed by atoms with E-state index in [2.05, 4.69) is 21.9 Å². The molecule has 9 heteroatoms. The van der Waals surface area contributed by atoms with E-state index in [-0.39, 0.29) is 11.3 Å². The standard InChI is InChI=1S/C17H27N5O3S/c1-4-21(11-14-8-19-20(2)10-14)12-15-9-18-17(26(3,23)24)22(15)13-16-6-5-7-25-16/h8-10,16H,4-7,11-13H2,1-3H3/t16-/m1/s1. The minimum atomic E-state index is -3.39. The molecule has 1 aliphatic rings. The highest BCUT2D eigenvalue weighted by atomic mass is 32.2. The van der Waals surface area contributed by atoms with Gasteiger partial charge in [0.1, 0.15) is 0 Å². The first kappa shape index (κ1) is 19.1. The van der Waals surface area contributed by atoms with Crippen molar-refractivity contribution in [3.05, 3.63) is 29.8 Å². The number of sulfone groups is 1. The van der Waals surface area contributed by atoms with Crippen molar-refractivity contribution in [2.75, 3.05) is 19.4 Å². The van der Waals surface area contributed by atoms with E-state index in [0.29, 0.717) is 13.1 Å². The van der Waals surface area contributed by atoms with E-state index in [4.69, 9.17) is 4.74 Å². The molecule has 0 N–H and O–H groups in total. The molecule has 3 heterocycles. The van der Waals surface area contributed by atoms with Gasteiger partial charge < -0.3 is 9.30 Å². The molecule has 1 aliphatic heterocycles. The summed E-state index contributed by atoms with van der Waals surface area (Å²) in [5.74, 6) is 0. The van der Waals surface area contributed by atoms with Gasteiger partial charge in [-0.05, 0) is 19.4 Å². The van der Waals surface area contributed by atoms with Crippen LogP contribution in [0.5, 0.6) is 0 Å². The van der Waals surface area contributed by atoms with Gasteiger partial charge in [0.15, 0.2) is 0 Å². The molecule has 8 nitrogen and oxygen atoms in total. The van der Waals surface area contributed by atoms with E-state index in [1.54, 1.807) is 10.9 Å². The Hall–Kier alpha value is -1.71. The molecule has 26 heavy (non-hydrogen) atoms. The lowest BCUT2D eigenvalue weighted by Crippen LogP contribution is -2.26. The Kier molecular flexibility index (Phi) is 5.79. The number of hydrogen-bond acceptors (Lipinski definition) is 6. The minimum absolute atomic E-state index is 0.0526. The first-order valence-electron chi connectivity index (χ1n) is 8.92. The number of aromatic nitrogens is 4. The first-order valence-corrected chi connectivity index (χ1v) is 10.8. The van der Waals surface area contributed by atoms with E-state index in [0.717, 1.165) is 43.8 Å². The molecule has 0 aromatic carbocycles. The molecule has 2 aromatic rings. The molecule has 3 rings (SSSR count). The molecule has 0 unspecified atom stereocenters. The summed E-state index contributed by atoms with van der Waals surface area (Å²) in [6.07, 6.45) is 8.76. The average Bonchev–Trinajstić information content (AvgIpc) is 3.29. The summed E-state index contributed by atoms with van der Waals surface area (Å²) in [4.78, 5) is 6.45. The molecule has 144 valence electrons. The van der Waals surface area contributed by atoms with Crippen LogP contribution in [0.3, 0.4) is 0 Å². The summed E-state index contributed by atoms with van der Waals surface area (Å²) in [6, 6.07) is 0. The predicted octanol–water partition coefficient (Wildman–Crippen LogP) is 1.22. The quantitative estimate of drug-likeness (QED) is 0.684. The zero-order chi connectivity index (χ0) is 18.7. The summed E-state index contributed by atoms with van der Waals surface area (Å²) >= 11 is 0. The van der Waals surface area contributed by atoms with E-state index in [1.165, 1.54) is 6.26 Å². The van der Waals surface area contributed by atoms with Crippen LogP contribution in [0.25, 0.3) is 0 Å². The Morgan fingerprint density at radius 3 is 2.73 bits per heavy atom. The SMILES string of the molecule is CCN(Cc1cnn(C)c1)Cc1cnc(S(C)(=O)=O)n1C[C@H]1CCCO1. The highest BCUT2D eigenvalue weighted by Crippen LogP contribution is 2.20. The fourth-order valence-electron chi connectivity index (χ4n) is 3.32. The van der Waals surface area contributed by atoms with Gasteiger partial charge in [0.2, 0.25) is 15.0 Å². The highest BCUT2D eigenvalue weighted by Gasteiger charge is 2.24. The molecular weight excluding hydrogens is 354 g/mol. The van der Waals surface area contributed by atoms with Crippen molar-refractivity contribution in [1.82, 2.24) is 24.2 Å². The number of aryl methyl sites for hydroxylation is 1. The molecular formula is C17H27N5O3S.